The Balaban J connectivity index is 1.43. The molecule has 178 valence electrons. The van der Waals surface area contributed by atoms with E-state index in [0.717, 1.165) is 42.7 Å². The van der Waals surface area contributed by atoms with Crippen molar-refractivity contribution in [1.29, 1.82) is 0 Å². The van der Waals surface area contributed by atoms with E-state index in [1.54, 1.807) is 19.4 Å². The fourth-order valence-corrected chi connectivity index (χ4v) is 4.01. The number of rotatable bonds is 7. The number of nitrogens with one attached hydrogen (secondary N) is 2. The standard InChI is InChI=1S/C26H35N3O4/c1-26(2,3)33-25(31)29-17-19-7-5-18(6-8-19)16-28-24(30)21-13-14-27-23(15-21)20-9-11-22(32-4)12-10-20/h9-15,18-19H,5-8,16-17H2,1-4H3,(H,28,30)(H,29,31). The summed E-state index contributed by atoms with van der Waals surface area (Å²) in [6, 6.07) is 11.2. The Morgan fingerprint density at radius 3 is 2.15 bits per heavy atom. The molecule has 0 aliphatic heterocycles. The van der Waals surface area contributed by atoms with E-state index < -0.39 is 5.60 Å². The second-order valence-corrected chi connectivity index (χ2v) is 9.64. The van der Waals surface area contributed by atoms with Crippen LogP contribution in [0.1, 0.15) is 56.8 Å². The first-order chi connectivity index (χ1) is 15.7. The third-order valence-electron chi connectivity index (χ3n) is 5.86. The molecule has 1 heterocycles. The number of alkyl carbamates (subject to hydrolysis) is 1. The first kappa shape index (κ1) is 24.6. The number of amides is 2. The van der Waals surface area contributed by atoms with Crippen LogP contribution in [0.2, 0.25) is 0 Å². The zero-order chi connectivity index (χ0) is 23.8. The molecule has 0 atom stereocenters. The van der Waals surface area contributed by atoms with Gasteiger partial charge in [0.1, 0.15) is 11.4 Å². The summed E-state index contributed by atoms with van der Waals surface area (Å²) in [5, 5.41) is 5.96. The number of benzene rings is 1. The summed E-state index contributed by atoms with van der Waals surface area (Å²) in [6.07, 6.45) is 5.45. The minimum atomic E-state index is -0.482. The fraction of sp³-hybridized carbons (Fsp3) is 0.500. The monoisotopic (exact) mass is 453 g/mol. The van der Waals surface area contributed by atoms with Crippen molar-refractivity contribution >= 4 is 12.0 Å². The molecule has 2 amide bonds. The van der Waals surface area contributed by atoms with Crippen LogP contribution in [0.25, 0.3) is 11.3 Å². The molecule has 0 saturated heterocycles. The van der Waals surface area contributed by atoms with E-state index in [2.05, 4.69) is 15.6 Å². The molecule has 1 aliphatic carbocycles. The van der Waals surface area contributed by atoms with Gasteiger partial charge in [0.05, 0.1) is 12.8 Å². The molecule has 1 aromatic heterocycles. The summed E-state index contributed by atoms with van der Waals surface area (Å²) in [5.74, 6) is 1.61. The molecule has 0 unspecified atom stereocenters. The van der Waals surface area contributed by atoms with Crippen LogP contribution in [0.15, 0.2) is 42.6 Å². The molecule has 2 aromatic rings. The van der Waals surface area contributed by atoms with Crippen LogP contribution >= 0.6 is 0 Å². The summed E-state index contributed by atoms with van der Waals surface area (Å²) >= 11 is 0. The normalized spacial score (nSPS) is 18.3. The number of carbonyl (C=O) groups excluding carboxylic acids is 2. The van der Waals surface area contributed by atoms with Gasteiger partial charge in [0, 0.05) is 30.4 Å². The summed E-state index contributed by atoms with van der Waals surface area (Å²) in [5.41, 5.74) is 1.81. The molecule has 1 saturated carbocycles. The Hall–Kier alpha value is -3.09. The number of methoxy groups -OCH3 is 1. The Kier molecular flexibility index (Phi) is 8.31. The number of pyridine rings is 1. The molecule has 0 spiro atoms. The molecular weight excluding hydrogens is 418 g/mol. The number of hydrogen-bond acceptors (Lipinski definition) is 5. The maximum Gasteiger partial charge on any atom is 0.407 e. The van der Waals surface area contributed by atoms with E-state index in [9.17, 15) is 9.59 Å². The van der Waals surface area contributed by atoms with Crippen molar-refractivity contribution in [3.05, 3.63) is 48.2 Å². The lowest BCUT2D eigenvalue weighted by molar-refractivity contribution is 0.0512. The minimum Gasteiger partial charge on any atom is -0.497 e. The highest BCUT2D eigenvalue weighted by molar-refractivity contribution is 5.95. The van der Waals surface area contributed by atoms with Crippen LogP contribution in [-0.2, 0) is 4.74 Å². The van der Waals surface area contributed by atoms with Crippen molar-refractivity contribution in [3.8, 4) is 17.0 Å². The van der Waals surface area contributed by atoms with E-state index >= 15 is 0 Å². The van der Waals surface area contributed by atoms with E-state index in [1.807, 2.05) is 51.1 Å². The summed E-state index contributed by atoms with van der Waals surface area (Å²) in [7, 11) is 1.63. The summed E-state index contributed by atoms with van der Waals surface area (Å²) in [6.45, 7) is 6.87. The average Bonchev–Trinajstić information content (AvgIpc) is 2.81. The van der Waals surface area contributed by atoms with Crippen molar-refractivity contribution < 1.29 is 19.1 Å². The number of carbonyl (C=O) groups is 2. The van der Waals surface area contributed by atoms with Crippen molar-refractivity contribution in [3.63, 3.8) is 0 Å². The Morgan fingerprint density at radius 2 is 1.58 bits per heavy atom. The molecular formula is C26H35N3O4. The van der Waals surface area contributed by atoms with E-state index in [4.69, 9.17) is 9.47 Å². The van der Waals surface area contributed by atoms with Crippen molar-refractivity contribution in [1.82, 2.24) is 15.6 Å². The highest BCUT2D eigenvalue weighted by Gasteiger charge is 2.23. The molecule has 0 bridgehead atoms. The van der Waals surface area contributed by atoms with Gasteiger partial charge in [-0.15, -0.1) is 0 Å². The SMILES string of the molecule is COc1ccc(-c2cc(C(=O)NCC3CCC(CNC(=O)OC(C)(C)C)CC3)ccn2)cc1. The highest BCUT2D eigenvalue weighted by Crippen LogP contribution is 2.28. The molecule has 7 heteroatoms. The second kappa shape index (κ2) is 11.2. The van der Waals surface area contributed by atoms with Gasteiger partial charge in [-0.3, -0.25) is 9.78 Å². The molecule has 0 radical (unpaired) electrons. The lowest BCUT2D eigenvalue weighted by Gasteiger charge is -2.29. The molecule has 3 rings (SSSR count). The first-order valence-corrected chi connectivity index (χ1v) is 11.6. The fourth-order valence-electron chi connectivity index (χ4n) is 4.01. The van der Waals surface area contributed by atoms with Crippen molar-refractivity contribution in [2.75, 3.05) is 20.2 Å². The van der Waals surface area contributed by atoms with Crippen LogP contribution in [0.4, 0.5) is 4.79 Å². The van der Waals surface area contributed by atoms with Crippen LogP contribution in [0.5, 0.6) is 5.75 Å². The Bertz CT molecular complexity index is 929. The molecule has 1 aliphatic rings. The van der Waals surface area contributed by atoms with E-state index in [0.29, 0.717) is 30.5 Å². The Morgan fingerprint density at radius 1 is 0.970 bits per heavy atom. The first-order valence-electron chi connectivity index (χ1n) is 11.6. The van der Waals surface area contributed by atoms with Crippen LogP contribution in [0, 0.1) is 11.8 Å². The van der Waals surface area contributed by atoms with Gasteiger partial charge in [-0.2, -0.15) is 0 Å². The quantitative estimate of drug-likeness (QED) is 0.627. The summed E-state index contributed by atoms with van der Waals surface area (Å²) in [4.78, 5) is 28.9. The third-order valence-corrected chi connectivity index (χ3v) is 5.86. The molecule has 7 nitrogen and oxygen atoms in total. The highest BCUT2D eigenvalue weighted by atomic mass is 16.6. The van der Waals surface area contributed by atoms with Gasteiger partial charge in [-0.1, -0.05) is 0 Å². The van der Waals surface area contributed by atoms with Crippen LogP contribution in [-0.4, -0.2) is 42.8 Å². The lowest BCUT2D eigenvalue weighted by atomic mass is 9.82. The predicted octanol–water partition coefficient (Wildman–Crippen LogP) is 4.82. The third kappa shape index (κ3) is 7.77. The van der Waals surface area contributed by atoms with Gasteiger partial charge in [-0.25, -0.2) is 4.79 Å². The largest absolute Gasteiger partial charge is 0.497 e. The van der Waals surface area contributed by atoms with Crippen molar-refractivity contribution in [2.24, 2.45) is 11.8 Å². The maximum atomic E-state index is 12.7. The molecule has 1 fully saturated rings. The Labute approximate surface area is 196 Å². The van der Waals surface area contributed by atoms with Crippen molar-refractivity contribution in [2.45, 2.75) is 52.1 Å². The number of ether oxygens (including phenoxy) is 2. The van der Waals surface area contributed by atoms with Crippen LogP contribution < -0.4 is 15.4 Å². The smallest absolute Gasteiger partial charge is 0.407 e. The second-order valence-electron chi connectivity index (χ2n) is 9.64. The van der Waals surface area contributed by atoms with Gasteiger partial charge in [0.25, 0.3) is 5.91 Å². The average molecular weight is 454 g/mol. The zero-order valence-electron chi connectivity index (χ0n) is 20.0. The molecule has 33 heavy (non-hydrogen) atoms. The molecule has 2 N–H and O–H groups in total. The predicted molar refractivity (Wildman–Crippen MR) is 128 cm³/mol. The number of hydrogen-bond donors (Lipinski definition) is 2. The van der Waals surface area contributed by atoms with Gasteiger partial charge in [-0.05, 0) is 94.7 Å². The van der Waals surface area contributed by atoms with Gasteiger partial charge in [0.2, 0.25) is 0 Å². The number of aromatic nitrogens is 1. The van der Waals surface area contributed by atoms with Crippen LogP contribution in [0.3, 0.4) is 0 Å². The maximum absolute atomic E-state index is 12.7. The zero-order valence-corrected chi connectivity index (χ0v) is 20.0. The van der Waals surface area contributed by atoms with E-state index in [1.165, 1.54) is 0 Å². The summed E-state index contributed by atoms with van der Waals surface area (Å²) < 4.78 is 10.5. The minimum absolute atomic E-state index is 0.0825. The molecule has 1 aromatic carbocycles. The van der Waals surface area contributed by atoms with Gasteiger partial charge >= 0.3 is 6.09 Å². The van der Waals surface area contributed by atoms with Gasteiger partial charge < -0.3 is 20.1 Å². The van der Waals surface area contributed by atoms with Gasteiger partial charge in [0.15, 0.2) is 0 Å². The topological polar surface area (TPSA) is 89.6 Å². The number of nitrogens with zero attached hydrogens (tertiary/aromatic N) is 1. The lowest BCUT2D eigenvalue weighted by Crippen LogP contribution is -2.37. The van der Waals surface area contributed by atoms with E-state index in [-0.39, 0.29) is 12.0 Å².